The molecular formula is C20H22N3O5S+. The van der Waals surface area contributed by atoms with Gasteiger partial charge >= 0.3 is 5.91 Å². The fourth-order valence-corrected chi connectivity index (χ4v) is 3.91. The van der Waals surface area contributed by atoms with Crippen LogP contribution in [0, 0.1) is 0 Å². The first-order chi connectivity index (χ1) is 13.7. The molecule has 1 amide bonds. The molecule has 0 fully saturated rings. The van der Waals surface area contributed by atoms with Gasteiger partial charge in [-0.25, -0.2) is 13.4 Å². The summed E-state index contributed by atoms with van der Waals surface area (Å²) in [4.78, 5) is 29.1. The minimum Gasteiger partial charge on any atom is -0.310 e. The van der Waals surface area contributed by atoms with E-state index in [2.05, 4.69) is 4.98 Å². The van der Waals surface area contributed by atoms with Gasteiger partial charge in [-0.05, 0) is 36.6 Å². The Hall–Kier alpha value is -3.04. The summed E-state index contributed by atoms with van der Waals surface area (Å²) >= 11 is 0. The smallest absolute Gasteiger partial charge is 0.304 e. The van der Waals surface area contributed by atoms with Crippen LogP contribution in [0.5, 0.6) is 0 Å². The maximum atomic E-state index is 12.8. The van der Waals surface area contributed by atoms with E-state index in [4.69, 9.17) is 5.21 Å². The zero-order chi connectivity index (χ0) is 21.2. The molecule has 0 unspecified atom stereocenters. The van der Waals surface area contributed by atoms with Crippen LogP contribution in [0.3, 0.4) is 0 Å². The summed E-state index contributed by atoms with van der Waals surface area (Å²) in [6.07, 6.45) is 2.13. The monoisotopic (exact) mass is 416 g/mol. The Morgan fingerprint density at radius 3 is 2.48 bits per heavy atom. The maximum Gasteiger partial charge on any atom is 0.304 e. The summed E-state index contributed by atoms with van der Waals surface area (Å²) in [6, 6.07) is 15.1. The van der Waals surface area contributed by atoms with E-state index >= 15 is 0 Å². The highest BCUT2D eigenvalue weighted by Crippen LogP contribution is 2.23. The van der Waals surface area contributed by atoms with Crippen molar-refractivity contribution >= 4 is 26.6 Å². The number of sulfone groups is 1. The molecule has 0 saturated carbocycles. The lowest BCUT2D eigenvalue weighted by molar-refractivity contribution is -0.131. The summed E-state index contributed by atoms with van der Waals surface area (Å²) in [5.74, 6) is -0.936. The second-order valence-corrected chi connectivity index (χ2v) is 9.49. The average molecular weight is 416 g/mol. The second kappa shape index (κ2) is 7.76. The largest absolute Gasteiger partial charge is 0.310 e. The van der Waals surface area contributed by atoms with Gasteiger partial charge in [0.05, 0.1) is 17.2 Å². The average Bonchev–Trinajstić information content (AvgIpc) is 2.72. The van der Waals surface area contributed by atoms with Crippen molar-refractivity contribution in [3.05, 3.63) is 65.2 Å². The molecule has 0 saturated heterocycles. The number of rotatable bonds is 6. The van der Waals surface area contributed by atoms with Crippen molar-refractivity contribution in [2.75, 3.05) is 6.26 Å². The molecule has 3 aromatic rings. The first-order valence-electron chi connectivity index (χ1n) is 8.89. The minimum atomic E-state index is -3.81. The van der Waals surface area contributed by atoms with Gasteiger partial charge in [0, 0.05) is 12.8 Å². The van der Waals surface area contributed by atoms with Gasteiger partial charge in [0.15, 0.2) is 14.6 Å². The van der Waals surface area contributed by atoms with Gasteiger partial charge in [-0.1, -0.05) is 36.4 Å². The normalized spacial score (nSPS) is 13.8. The predicted octanol–water partition coefficient (Wildman–Crippen LogP) is 1.01. The number of fused-ring (bicyclic) bond motifs is 1. The van der Waals surface area contributed by atoms with Gasteiger partial charge < -0.3 is 5.21 Å². The standard InChI is InChI=1S/C20H21N3O5S/c1-20(19(25)22-26,29(2,27)28)10-11-23-13-21-17-12-15(8-9-16(17)18(23)24)14-6-4-3-5-7-14/h3-9,12-13,26H,10-11H2,1-2H3,(H,22,25)/p+1/t20-/m1/s1. The van der Waals surface area contributed by atoms with Crippen molar-refractivity contribution in [1.29, 1.82) is 0 Å². The number of carbonyl (C=O) groups is 1. The highest BCUT2D eigenvalue weighted by molar-refractivity contribution is 7.92. The Morgan fingerprint density at radius 1 is 1.17 bits per heavy atom. The number of hydroxylamine groups is 1. The van der Waals surface area contributed by atoms with E-state index in [9.17, 15) is 18.0 Å². The van der Waals surface area contributed by atoms with Crippen LogP contribution in [0.15, 0.2) is 59.7 Å². The molecule has 9 heteroatoms. The molecule has 2 aromatic carbocycles. The summed E-state index contributed by atoms with van der Waals surface area (Å²) in [6.45, 7) is 1.22. The van der Waals surface area contributed by atoms with Crippen LogP contribution in [0.4, 0.5) is 0 Å². The third-order valence-corrected chi connectivity index (χ3v) is 7.20. The van der Waals surface area contributed by atoms with E-state index in [0.29, 0.717) is 10.9 Å². The summed E-state index contributed by atoms with van der Waals surface area (Å²) < 4.78 is 23.7. The predicted molar refractivity (Wildman–Crippen MR) is 111 cm³/mol. The molecule has 0 radical (unpaired) electrons. The fraction of sp³-hybridized carbons (Fsp3) is 0.250. The Kier molecular flexibility index (Phi) is 5.54. The lowest BCUT2D eigenvalue weighted by Crippen LogP contribution is -2.50. The number of amides is 1. The van der Waals surface area contributed by atoms with Crippen molar-refractivity contribution in [1.82, 2.24) is 15.0 Å². The van der Waals surface area contributed by atoms with Crippen molar-refractivity contribution < 1.29 is 18.4 Å². The lowest BCUT2D eigenvalue weighted by Gasteiger charge is -2.24. The number of nitrogens with one attached hydrogen (secondary N) is 1. The van der Waals surface area contributed by atoms with E-state index < -0.39 is 20.5 Å². The molecule has 3 N–H and O–H groups in total. The fourth-order valence-electron chi connectivity index (χ4n) is 3.06. The SMILES string of the molecule is C[C@@](CCn1cnc2cc(-c3ccccc3)ccc2c1=O)(C(=O)N[OH2+])S(C)(=O)=O. The molecule has 1 aromatic heterocycles. The van der Waals surface area contributed by atoms with Gasteiger partial charge in [0.1, 0.15) is 0 Å². The van der Waals surface area contributed by atoms with Crippen molar-refractivity contribution in [3.8, 4) is 11.1 Å². The number of carbonyl (C=O) groups excluding carboxylic acids is 1. The van der Waals surface area contributed by atoms with Crippen LogP contribution >= 0.6 is 0 Å². The first kappa shape index (κ1) is 20.7. The van der Waals surface area contributed by atoms with Gasteiger partial charge in [-0.15, -0.1) is 5.48 Å². The van der Waals surface area contributed by atoms with Crippen LogP contribution in [-0.2, 0) is 21.2 Å². The summed E-state index contributed by atoms with van der Waals surface area (Å²) in [5.41, 5.74) is 3.79. The molecular weight excluding hydrogens is 394 g/mol. The number of nitrogens with zero attached hydrogens (tertiary/aromatic N) is 2. The number of benzene rings is 2. The maximum absolute atomic E-state index is 12.8. The zero-order valence-corrected chi connectivity index (χ0v) is 16.9. The quantitative estimate of drug-likeness (QED) is 0.475. The van der Waals surface area contributed by atoms with Crippen LogP contribution < -0.4 is 11.0 Å². The topological polar surface area (TPSA) is 121 Å². The number of aryl methyl sites for hydroxylation is 1. The van der Waals surface area contributed by atoms with Gasteiger partial charge in [0.2, 0.25) is 0 Å². The molecule has 29 heavy (non-hydrogen) atoms. The molecule has 0 aliphatic heterocycles. The lowest BCUT2D eigenvalue weighted by atomic mass is 10.0. The van der Waals surface area contributed by atoms with E-state index in [1.807, 2.05) is 42.5 Å². The van der Waals surface area contributed by atoms with Gasteiger partial charge in [-0.2, -0.15) is 0 Å². The highest BCUT2D eigenvalue weighted by atomic mass is 32.2. The third kappa shape index (κ3) is 3.92. The molecule has 0 spiro atoms. The molecule has 1 heterocycles. The first-order valence-corrected chi connectivity index (χ1v) is 10.8. The summed E-state index contributed by atoms with van der Waals surface area (Å²) in [5, 5.41) is 7.42. The zero-order valence-electron chi connectivity index (χ0n) is 16.0. The third-order valence-electron chi connectivity index (χ3n) is 5.17. The van der Waals surface area contributed by atoms with Crippen LogP contribution in [0.1, 0.15) is 13.3 Å². The second-order valence-electron chi connectivity index (χ2n) is 7.05. The molecule has 1 atom stereocenters. The van der Waals surface area contributed by atoms with Crippen molar-refractivity contribution in [3.63, 3.8) is 0 Å². The molecule has 8 nitrogen and oxygen atoms in total. The van der Waals surface area contributed by atoms with Gasteiger partial charge in [0.25, 0.3) is 5.56 Å². The minimum absolute atomic E-state index is 0.0286. The number of aromatic nitrogens is 2. The van der Waals surface area contributed by atoms with E-state index in [1.165, 1.54) is 17.8 Å². The van der Waals surface area contributed by atoms with E-state index in [1.54, 1.807) is 11.5 Å². The number of hydrogen-bond donors (Lipinski definition) is 1. The molecule has 3 rings (SSSR count). The molecule has 0 bridgehead atoms. The Morgan fingerprint density at radius 2 is 1.86 bits per heavy atom. The summed E-state index contributed by atoms with van der Waals surface area (Å²) in [7, 11) is -3.81. The van der Waals surface area contributed by atoms with E-state index in [0.717, 1.165) is 17.4 Å². The molecule has 0 aliphatic rings. The molecule has 152 valence electrons. The van der Waals surface area contributed by atoms with Crippen LogP contribution in [0.2, 0.25) is 0 Å². The van der Waals surface area contributed by atoms with Crippen molar-refractivity contribution in [2.24, 2.45) is 0 Å². The Bertz CT molecular complexity index is 1220. The van der Waals surface area contributed by atoms with Gasteiger partial charge in [-0.3, -0.25) is 14.2 Å². The van der Waals surface area contributed by atoms with Crippen LogP contribution in [-0.4, -0.2) is 40.1 Å². The molecule has 0 aliphatic carbocycles. The Balaban J connectivity index is 1.94. The van der Waals surface area contributed by atoms with E-state index in [-0.39, 0.29) is 18.5 Å². The highest BCUT2D eigenvalue weighted by Gasteiger charge is 2.44. The number of hydrogen-bond acceptors (Lipinski definition) is 5. The Labute approximate surface area is 167 Å². The van der Waals surface area contributed by atoms with Crippen molar-refractivity contribution in [2.45, 2.75) is 24.6 Å². The van der Waals surface area contributed by atoms with Crippen LogP contribution in [0.25, 0.3) is 22.0 Å².